The van der Waals surface area contributed by atoms with Crippen molar-refractivity contribution in [2.24, 2.45) is 0 Å². The van der Waals surface area contributed by atoms with E-state index in [1.807, 2.05) is 44.5 Å². The number of aromatic nitrogens is 4. The highest BCUT2D eigenvalue weighted by atomic mass is 16.1. The number of aromatic amines is 1. The van der Waals surface area contributed by atoms with Gasteiger partial charge in [-0.1, -0.05) is 6.08 Å². The Hall–Kier alpha value is -3.22. The maximum absolute atomic E-state index is 13.2. The Morgan fingerprint density at radius 2 is 2.06 bits per heavy atom. The number of allylic oxidation sites excluding steroid dienone is 2. The molecule has 0 fully saturated rings. The van der Waals surface area contributed by atoms with Gasteiger partial charge in [-0.2, -0.15) is 5.10 Å². The summed E-state index contributed by atoms with van der Waals surface area (Å²) in [7, 11) is 0. The van der Waals surface area contributed by atoms with E-state index in [-0.39, 0.29) is 24.1 Å². The first-order valence-electron chi connectivity index (χ1n) is 10.9. The van der Waals surface area contributed by atoms with Crippen LogP contribution in [0.2, 0.25) is 0 Å². The normalized spacial score (nSPS) is 14.2. The Bertz CT molecular complexity index is 1230. The van der Waals surface area contributed by atoms with Crippen LogP contribution in [-0.2, 0) is 6.54 Å². The van der Waals surface area contributed by atoms with E-state index in [1.54, 1.807) is 6.20 Å². The second-order valence-corrected chi connectivity index (χ2v) is 8.58. The minimum atomic E-state index is -0.229. The van der Waals surface area contributed by atoms with E-state index in [0.29, 0.717) is 16.8 Å². The fourth-order valence-corrected chi connectivity index (χ4v) is 4.18. The minimum Gasteiger partial charge on any atom is -0.348 e. The van der Waals surface area contributed by atoms with Crippen molar-refractivity contribution in [1.82, 2.24) is 25.1 Å². The Balaban J connectivity index is 1.72. The van der Waals surface area contributed by atoms with Gasteiger partial charge in [-0.25, -0.2) is 9.67 Å². The van der Waals surface area contributed by atoms with Gasteiger partial charge in [0.25, 0.3) is 11.5 Å². The number of carbonyl (C=O) groups excluding carboxylic acids is 1. The molecule has 0 bridgehead atoms. The lowest BCUT2D eigenvalue weighted by atomic mass is 9.95. The fourth-order valence-electron chi connectivity index (χ4n) is 4.18. The van der Waals surface area contributed by atoms with Crippen LogP contribution in [0.15, 0.2) is 29.2 Å². The number of hydrogen-bond donors (Lipinski definition) is 2. The van der Waals surface area contributed by atoms with Gasteiger partial charge in [0, 0.05) is 23.8 Å². The third kappa shape index (κ3) is 4.17. The molecule has 7 nitrogen and oxygen atoms in total. The Morgan fingerprint density at radius 3 is 2.74 bits per heavy atom. The summed E-state index contributed by atoms with van der Waals surface area (Å²) in [6, 6.07) is 3.91. The van der Waals surface area contributed by atoms with Crippen LogP contribution in [0.3, 0.4) is 0 Å². The van der Waals surface area contributed by atoms with Crippen LogP contribution in [0.5, 0.6) is 0 Å². The molecule has 3 aromatic heterocycles. The number of fused-ring (bicyclic) bond motifs is 1. The number of aryl methyl sites for hydroxylation is 2. The molecule has 0 aromatic carbocycles. The Morgan fingerprint density at radius 1 is 1.26 bits per heavy atom. The molecule has 162 valence electrons. The summed E-state index contributed by atoms with van der Waals surface area (Å²) >= 11 is 0. The predicted octanol–water partition coefficient (Wildman–Crippen LogP) is 4.20. The number of hydrogen-bond acceptors (Lipinski definition) is 4. The molecule has 0 spiro atoms. The number of carbonyl (C=O) groups is 1. The van der Waals surface area contributed by atoms with E-state index < -0.39 is 0 Å². The van der Waals surface area contributed by atoms with Gasteiger partial charge in [0.2, 0.25) is 0 Å². The molecule has 4 rings (SSSR count). The zero-order valence-electron chi connectivity index (χ0n) is 18.6. The zero-order valence-corrected chi connectivity index (χ0v) is 18.6. The van der Waals surface area contributed by atoms with Gasteiger partial charge in [0.05, 0.1) is 22.8 Å². The highest BCUT2D eigenvalue weighted by molar-refractivity contribution is 6.06. The molecule has 0 saturated heterocycles. The molecule has 31 heavy (non-hydrogen) atoms. The lowest BCUT2D eigenvalue weighted by molar-refractivity contribution is 0.0952. The summed E-state index contributed by atoms with van der Waals surface area (Å²) in [4.78, 5) is 33.2. The summed E-state index contributed by atoms with van der Waals surface area (Å²) in [5, 5.41) is 8.14. The summed E-state index contributed by atoms with van der Waals surface area (Å²) in [6.07, 6.45) is 8.26. The van der Waals surface area contributed by atoms with Crippen molar-refractivity contribution < 1.29 is 4.79 Å². The van der Waals surface area contributed by atoms with Crippen molar-refractivity contribution in [1.29, 1.82) is 0 Å². The number of rotatable bonds is 5. The lowest BCUT2D eigenvalue weighted by Gasteiger charge is -2.15. The second kappa shape index (κ2) is 8.49. The highest BCUT2D eigenvalue weighted by Gasteiger charge is 2.20. The second-order valence-electron chi connectivity index (χ2n) is 8.58. The van der Waals surface area contributed by atoms with Crippen LogP contribution < -0.4 is 10.9 Å². The largest absolute Gasteiger partial charge is 0.348 e. The average molecular weight is 420 g/mol. The lowest BCUT2D eigenvalue weighted by Crippen LogP contribution is -2.28. The molecule has 1 aliphatic carbocycles. The monoisotopic (exact) mass is 419 g/mol. The smallest absolute Gasteiger partial charge is 0.253 e. The van der Waals surface area contributed by atoms with E-state index >= 15 is 0 Å². The van der Waals surface area contributed by atoms with Gasteiger partial charge in [0.15, 0.2) is 5.65 Å². The third-order valence-electron chi connectivity index (χ3n) is 5.84. The summed E-state index contributed by atoms with van der Waals surface area (Å²) in [6.45, 7) is 7.99. The molecule has 7 heteroatoms. The van der Waals surface area contributed by atoms with Gasteiger partial charge in [-0.05, 0) is 76.6 Å². The first-order chi connectivity index (χ1) is 14.8. The molecule has 0 aliphatic heterocycles. The molecule has 1 amide bonds. The number of nitrogens with zero attached hydrogens (tertiary/aromatic N) is 3. The van der Waals surface area contributed by atoms with Crippen molar-refractivity contribution in [2.45, 2.75) is 66.0 Å². The van der Waals surface area contributed by atoms with Crippen LogP contribution >= 0.6 is 0 Å². The van der Waals surface area contributed by atoms with Crippen molar-refractivity contribution in [3.05, 3.63) is 62.8 Å². The van der Waals surface area contributed by atoms with Crippen LogP contribution in [0.25, 0.3) is 16.6 Å². The molecule has 1 aliphatic rings. The molecule has 0 unspecified atom stereocenters. The maximum Gasteiger partial charge on any atom is 0.253 e. The van der Waals surface area contributed by atoms with Gasteiger partial charge >= 0.3 is 0 Å². The van der Waals surface area contributed by atoms with Crippen LogP contribution in [-0.4, -0.2) is 25.7 Å². The quantitative estimate of drug-likeness (QED) is 0.648. The van der Waals surface area contributed by atoms with E-state index in [0.717, 1.165) is 41.6 Å². The SMILES string of the molecule is Cc1cc(C)c(CNC(=O)c2cc(C3=CCCCC3)nc3c2cnn3C(C)C)c(=O)[nH]1. The molecule has 0 radical (unpaired) electrons. The van der Waals surface area contributed by atoms with Gasteiger partial charge in [-0.15, -0.1) is 0 Å². The van der Waals surface area contributed by atoms with Crippen LogP contribution in [0, 0.1) is 13.8 Å². The van der Waals surface area contributed by atoms with Crippen molar-refractivity contribution in [2.75, 3.05) is 0 Å². The van der Waals surface area contributed by atoms with Crippen molar-refractivity contribution >= 4 is 22.5 Å². The van der Waals surface area contributed by atoms with Gasteiger partial charge in [-0.3, -0.25) is 9.59 Å². The summed E-state index contributed by atoms with van der Waals surface area (Å²) in [5.41, 5.74) is 5.35. The highest BCUT2D eigenvalue weighted by Crippen LogP contribution is 2.29. The molecule has 0 atom stereocenters. The molecule has 3 aromatic rings. The fraction of sp³-hybridized carbons (Fsp3) is 0.417. The molecule has 3 heterocycles. The first kappa shape index (κ1) is 21.0. The van der Waals surface area contributed by atoms with E-state index in [4.69, 9.17) is 4.98 Å². The van der Waals surface area contributed by atoms with Crippen LogP contribution in [0.4, 0.5) is 0 Å². The summed E-state index contributed by atoms with van der Waals surface area (Å²) in [5.74, 6) is -0.229. The van der Waals surface area contributed by atoms with E-state index in [2.05, 4.69) is 21.5 Å². The molecular weight excluding hydrogens is 390 g/mol. The average Bonchev–Trinajstić information content (AvgIpc) is 3.17. The first-order valence-corrected chi connectivity index (χ1v) is 10.9. The maximum atomic E-state index is 13.2. The predicted molar refractivity (Wildman–Crippen MR) is 122 cm³/mol. The molecular formula is C24H29N5O2. The standard InChI is InChI=1S/C24H29N5O2/c1-14(2)29-22-20(13-26-29)18(11-21(28-22)17-8-6-5-7-9-17)23(30)25-12-19-15(3)10-16(4)27-24(19)31/h8,10-11,13-14H,5-7,9,12H2,1-4H3,(H,25,30)(H,27,31). The van der Waals surface area contributed by atoms with E-state index in [9.17, 15) is 9.59 Å². The number of amides is 1. The Labute approximate surface area is 181 Å². The summed E-state index contributed by atoms with van der Waals surface area (Å²) < 4.78 is 1.85. The van der Waals surface area contributed by atoms with Crippen molar-refractivity contribution in [3.63, 3.8) is 0 Å². The van der Waals surface area contributed by atoms with Crippen LogP contribution in [0.1, 0.15) is 78.4 Å². The molecule has 2 N–H and O–H groups in total. The third-order valence-corrected chi connectivity index (χ3v) is 5.84. The molecule has 0 saturated carbocycles. The Kier molecular flexibility index (Phi) is 5.76. The van der Waals surface area contributed by atoms with Gasteiger partial charge < -0.3 is 10.3 Å². The number of H-pyrrole nitrogens is 1. The van der Waals surface area contributed by atoms with Crippen molar-refractivity contribution in [3.8, 4) is 0 Å². The minimum absolute atomic E-state index is 0.130. The number of pyridine rings is 2. The van der Waals surface area contributed by atoms with Gasteiger partial charge in [0.1, 0.15) is 0 Å². The number of nitrogens with one attached hydrogen (secondary N) is 2. The zero-order chi connectivity index (χ0) is 22.1. The topological polar surface area (TPSA) is 92.7 Å². The van der Waals surface area contributed by atoms with E-state index in [1.165, 1.54) is 12.0 Å².